The average Bonchev–Trinajstić information content (AvgIpc) is 2.80. The van der Waals surface area contributed by atoms with Gasteiger partial charge in [-0.3, -0.25) is 14.6 Å². The van der Waals surface area contributed by atoms with Crippen molar-refractivity contribution in [3.8, 4) is 5.75 Å². The Morgan fingerprint density at radius 1 is 1.06 bits per heavy atom. The number of anilines is 1. The second kappa shape index (κ2) is 11.6. The third-order valence-electron chi connectivity index (χ3n) is 4.84. The minimum atomic E-state index is -4.94. The lowest BCUT2D eigenvalue weighted by Crippen LogP contribution is -2.20. The number of halogens is 4. The summed E-state index contributed by atoms with van der Waals surface area (Å²) in [6.45, 7) is 1.84. The number of nitrogens with one attached hydrogen (secondary N) is 1. The number of hydrogen-bond donors (Lipinski definition) is 1. The van der Waals surface area contributed by atoms with Crippen molar-refractivity contribution in [1.82, 2.24) is 4.98 Å². The summed E-state index contributed by atoms with van der Waals surface area (Å²) in [4.78, 5) is 33.7. The molecule has 10 heteroatoms. The van der Waals surface area contributed by atoms with Crippen molar-refractivity contribution >= 4 is 34.8 Å². The lowest BCUT2D eigenvalue weighted by atomic mass is 9.97. The van der Waals surface area contributed by atoms with Gasteiger partial charge in [0.25, 0.3) is 5.91 Å². The molecule has 0 bridgehead atoms. The Hall–Kier alpha value is -3.72. The average molecular weight is 506 g/mol. The number of pyridine rings is 1. The molecule has 1 aromatic heterocycles. The van der Waals surface area contributed by atoms with E-state index in [4.69, 9.17) is 11.6 Å². The molecule has 2 aromatic carbocycles. The van der Waals surface area contributed by atoms with Gasteiger partial charge in [-0.05, 0) is 42.3 Å². The van der Waals surface area contributed by atoms with Gasteiger partial charge in [-0.1, -0.05) is 49.4 Å². The van der Waals surface area contributed by atoms with Gasteiger partial charge in [-0.2, -0.15) is 0 Å². The van der Waals surface area contributed by atoms with E-state index >= 15 is 0 Å². The standard InChI is InChI=1S/C24H19ClF3N3O3.CH4/c1-14(29-2)15-3-5-16(6-4-15)21(32)11-17-7-9-19(34-24(26,27)28)12-20(17)23(33)31-22-10-8-18(25)13-30-22;/h3-10,12-13H,11H2,1-2H3,(H,30,31,33);1H4. The number of ether oxygens (including phenoxy) is 1. The Labute approximate surface area is 205 Å². The van der Waals surface area contributed by atoms with Crippen LogP contribution in [0.25, 0.3) is 0 Å². The van der Waals surface area contributed by atoms with Gasteiger partial charge in [-0.25, -0.2) is 4.98 Å². The zero-order valence-electron chi connectivity index (χ0n) is 18.1. The number of benzene rings is 2. The first-order chi connectivity index (χ1) is 16.1. The Morgan fingerprint density at radius 2 is 1.71 bits per heavy atom. The maximum atomic E-state index is 12.9. The van der Waals surface area contributed by atoms with E-state index in [0.29, 0.717) is 10.6 Å². The lowest BCUT2D eigenvalue weighted by Gasteiger charge is -2.14. The van der Waals surface area contributed by atoms with Crippen LogP contribution in [0.4, 0.5) is 19.0 Å². The first kappa shape index (κ1) is 27.5. The maximum absolute atomic E-state index is 12.9. The number of carbonyl (C=O) groups is 2. The second-order valence-electron chi connectivity index (χ2n) is 7.17. The molecule has 184 valence electrons. The van der Waals surface area contributed by atoms with E-state index in [0.717, 1.165) is 23.4 Å². The van der Waals surface area contributed by atoms with Crippen molar-refractivity contribution < 1.29 is 27.5 Å². The van der Waals surface area contributed by atoms with Crippen LogP contribution in [0.1, 0.15) is 46.2 Å². The van der Waals surface area contributed by atoms with Crippen LogP contribution in [0.3, 0.4) is 0 Å². The highest BCUT2D eigenvalue weighted by atomic mass is 35.5. The fraction of sp³-hybridized carbons (Fsp3) is 0.200. The van der Waals surface area contributed by atoms with Crippen molar-refractivity contribution in [1.29, 1.82) is 0 Å². The Kier molecular flexibility index (Phi) is 9.13. The molecule has 0 saturated carbocycles. The predicted molar refractivity (Wildman–Crippen MR) is 130 cm³/mol. The van der Waals surface area contributed by atoms with E-state index in [-0.39, 0.29) is 36.6 Å². The molecule has 6 nitrogen and oxygen atoms in total. The number of hydrogen-bond acceptors (Lipinski definition) is 5. The Balaban J connectivity index is 0.00000432. The third-order valence-corrected chi connectivity index (χ3v) is 5.06. The van der Waals surface area contributed by atoms with Gasteiger partial charge < -0.3 is 10.1 Å². The number of nitrogens with zero attached hydrogens (tertiary/aromatic N) is 2. The number of ketones is 1. The van der Waals surface area contributed by atoms with E-state index in [1.165, 1.54) is 24.4 Å². The molecular formula is C25H23ClF3N3O3. The number of rotatable bonds is 7. The molecule has 1 amide bonds. The smallest absolute Gasteiger partial charge is 0.406 e. The Bertz CT molecular complexity index is 1230. The number of aromatic nitrogens is 1. The zero-order chi connectivity index (χ0) is 24.9. The number of carbonyl (C=O) groups excluding carboxylic acids is 2. The molecule has 3 aromatic rings. The molecule has 1 N–H and O–H groups in total. The largest absolute Gasteiger partial charge is 0.573 e. The number of alkyl halides is 3. The van der Waals surface area contributed by atoms with Gasteiger partial charge >= 0.3 is 6.36 Å². The van der Waals surface area contributed by atoms with Gasteiger partial charge in [0.15, 0.2) is 5.78 Å². The molecular weight excluding hydrogens is 483 g/mol. The summed E-state index contributed by atoms with van der Waals surface area (Å²) in [5.41, 5.74) is 2.10. The molecule has 0 fully saturated rings. The lowest BCUT2D eigenvalue weighted by molar-refractivity contribution is -0.274. The summed E-state index contributed by atoms with van der Waals surface area (Å²) in [5.74, 6) is -1.52. The summed E-state index contributed by atoms with van der Waals surface area (Å²) in [5, 5.41) is 2.83. The Morgan fingerprint density at radius 3 is 2.29 bits per heavy atom. The summed E-state index contributed by atoms with van der Waals surface area (Å²) >= 11 is 5.78. The highest BCUT2D eigenvalue weighted by Gasteiger charge is 2.31. The van der Waals surface area contributed by atoms with Crippen molar-refractivity contribution in [2.24, 2.45) is 4.99 Å². The highest BCUT2D eigenvalue weighted by molar-refractivity contribution is 6.30. The summed E-state index contributed by atoms with van der Waals surface area (Å²) in [7, 11) is 1.66. The molecule has 0 aliphatic carbocycles. The molecule has 3 rings (SSSR count). The van der Waals surface area contributed by atoms with Crippen LogP contribution in [0.15, 0.2) is 65.8 Å². The van der Waals surface area contributed by atoms with Crippen LogP contribution in [0, 0.1) is 0 Å². The van der Waals surface area contributed by atoms with Crippen LogP contribution < -0.4 is 10.1 Å². The van der Waals surface area contributed by atoms with E-state index in [9.17, 15) is 22.8 Å². The SMILES string of the molecule is C.CN=C(C)c1ccc(C(=O)Cc2ccc(OC(F)(F)F)cc2C(=O)Nc2ccc(Cl)cn2)cc1. The molecule has 0 aliphatic rings. The summed E-state index contributed by atoms with van der Waals surface area (Å²) in [6.07, 6.45) is -3.85. The zero-order valence-corrected chi connectivity index (χ0v) is 18.9. The molecule has 1 heterocycles. The quantitative estimate of drug-likeness (QED) is 0.298. The van der Waals surface area contributed by atoms with Crippen molar-refractivity contribution in [2.75, 3.05) is 12.4 Å². The van der Waals surface area contributed by atoms with E-state index in [1.54, 1.807) is 31.3 Å². The third kappa shape index (κ3) is 7.65. The predicted octanol–water partition coefficient (Wildman–Crippen LogP) is 6.39. The number of Topliss-reactive ketones (excluding diaryl/α,β-unsaturated/α-hetero) is 1. The minimum absolute atomic E-state index is 0. The van der Waals surface area contributed by atoms with Crippen molar-refractivity contribution in [3.63, 3.8) is 0 Å². The fourth-order valence-electron chi connectivity index (χ4n) is 3.05. The molecule has 0 unspecified atom stereocenters. The molecule has 0 saturated heterocycles. The van der Waals surface area contributed by atoms with E-state index in [2.05, 4.69) is 20.0 Å². The van der Waals surface area contributed by atoms with E-state index in [1.807, 2.05) is 6.92 Å². The highest BCUT2D eigenvalue weighted by Crippen LogP contribution is 2.26. The molecule has 0 spiro atoms. The fourth-order valence-corrected chi connectivity index (χ4v) is 3.16. The number of amides is 1. The van der Waals surface area contributed by atoms with Gasteiger partial charge in [0.05, 0.1) is 5.02 Å². The van der Waals surface area contributed by atoms with Crippen LogP contribution in [0.2, 0.25) is 5.02 Å². The summed E-state index contributed by atoms with van der Waals surface area (Å²) in [6, 6.07) is 12.9. The van der Waals surface area contributed by atoms with Gasteiger partial charge in [0.2, 0.25) is 0 Å². The molecule has 0 aliphatic heterocycles. The van der Waals surface area contributed by atoms with E-state index < -0.39 is 18.0 Å². The second-order valence-corrected chi connectivity index (χ2v) is 7.61. The normalized spacial score (nSPS) is 11.4. The van der Waals surface area contributed by atoms with Gasteiger partial charge in [0, 0.05) is 36.5 Å². The first-order valence-electron chi connectivity index (χ1n) is 9.94. The first-order valence-corrected chi connectivity index (χ1v) is 10.3. The summed E-state index contributed by atoms with van der Waals surface area (Å²) < 4.78 is 42.0. The van der Waals surface area contributed by atoms with Crippen LogP contribution in [0.5, 0.6) is 5.75 Å². The van der Waals surface area contributed by atoms with Gasteiger partial charge in [0.1, 0.15) is 11.6 Å². The topological polar surface area (TPSA) is 80.6 Å². The van der Waals surface area contributed by atoms with Gasteiger partial charge in [-0.15, -0.1) is 13.2 Å². The molecule has 0 radical (unpaired) electrons. The van der Waals surface area contributed by atoms with Crippen LogP contribution >= 0.6 is 11.6 Å². The van der Waals surface area contributed by atoms with Crippen LogP contribution in [-0.2, 0) is 6.42 Å². The monoisotopic (exact) mass is 505 g/mol. The molecule has 0 atom stereocenters. The molecule has 35 heavy (non-hydrogen) atoms. The van der Waals surface area contributed by atoms with Crippen molar-refractivity contribution in [3.05, 3.63) is 88.1 Å². The van der Waals surface area contributed by atoms with Crippen LogP contribution in [-0.4, -0.2) is 35.8 Å². The minimum Gasteiger partial charge on any atom is -0.406 e. The van der Waals surface area contributed by atoms with Crippen molar-refractivity contribution in [2.45, 2.75) is 27.1 Å². The number of aliphatic imine (C=N–C) groups is 1. The maximum Gasteiger partial charge on any atom is 0.573 e.